The molecular formula is C12H10N4OS. The van der Waals surface area contributed by atoms with Crippen LogP contribution >= 0.6 is 0 Å². The smallest absolute Gasteiger partial charge is 0.138 e. The molecule has 0 radical (unpaired) electrons. The van der Waals surface area contributed by atoms with Crippen LogP contribution in [0, 0.1) is 0 Å². The molecule has 0 aliphatic rings. The minimum Gasteiger partial charge on any atom is -0.337 e. The molecule has 3 aromatic rings. The van der Waals surface area contributed by atoms with Crippen molar-refractivity contribution in [1.29, 1.82) is 0 Å². The Morgan fingerprint density at radius 1 is 1.22 bits per heavy atom. The molecule has 0 saturated heterocycles. The van der Waals surface area contributed by atoms with Gasteiger partial charge in [0.05, 0.1) is 17.9 Å². The summed E-state index contributed by atoms with van der Waals surface area (Å²) < 4.78 is 11.5. The molecule has 90 valence electrons. The second kappa shape index (κ2) is 4.30. The van der Waals surface area contributed by atoms with Crippen LogP contribution in [0.15, 0.2) is 41.6 Å². The number of nitrogens with one attached hydrogen (secondary N) is 1. The third-order valence-electron chi connectivity index (χ3n) is 2.63. The van der Waals surface area contributed by atoms with Gasteiger partial charge in [-0.3, -0.25) is 4.21 Å². The molecule has 3 rings (SSSR count). The van der Waals surface area contributed by atoms with Crippen LogP contribution in [0.4, 0.5) is 0 Å². The monoisotopic (exact) mass is 258 g/mol. The van der Waals surface area contributed by atoms with E-state index in [2.05, 4.69) is 20.2 Å². The molecule has 1 unspecified atom stereocenters. The van der Waals surface area contributed by atoms with E-state index >= 15 is 0 Å². The molecule has 0 bridgehead atoms. The van der Waals surface area contributed by atoms with E-state index in [1.807, 2.05) is 24.3 Å². The van der Waals surface area contributed by atoms with Crippen molar-refractivity contribution in [3.8, 4) is 11.4 Å². The van der Waals surface area contributed by atoms with Crippen LogP contribution in [0.1, 0.15) is 0 Å². The van der Waals surface area contributed by atoms with Gasteiger partial charge >= 0.3 is 0 Å². The molecule has 0 amide bonds. The first-order chi connectivity index (χ1) is 8.74. The number of nitrogens with zero attached hydrogens (tertiary/aromatic N) is 3. The quantitative estimate of drug-likeness (QED) is 0.760. The van der Waals surface area contributed by atoms with Gasteiger partial charge in [-0.2, -0.15) is 10.2 Å². The molecule has 5 nitrogen and oxygen atoms in total. The van der Waals surface area contributed by atoms with Crippen molar-refractivity contribution in [1.82, 2.24) is 20.2 Å². The lowest BCUT2D eigenvalue weighted by atomic mass is 10.2. The second-order valence-electron chi connectivity index (χ2n) is 3.86. The average molecular weight is 258 g/mol. The Kier molecular flexibility index (Phi) is 2.64. The van der Waals surface area contributed by atoms with Crippen molar-refractivity contribution >= 4 is 21.8 Å². The number of hydrogen-bond acceptors (Lipinski definition) is 4. The SMILES string of the molecule is CS(=O)c1cccc(-c2nc3cnncc3[nH]2)c1. The van der Waals surface area contributed by atoms with E-state index in [-0.39, 0.29) is 0 Å². The van der Waals surface area contributed by atoms with E-state index in [0.717, 1.165) is 27.3 Å². The Hall–Kier alpha value is -2.08. The number of hydrogen-bond donors (Lipinski definition) is 1. The molecule has 0 aliphatic heterocycles. The summed E-state index contributed by atoms with van der Waals surface area (Å²) in [5, 5.41) is 7.58. The van der Waals surface area contributed by atoms with Gasteiger partial charge in [-0.1, -0.05) is 12.1 Å². The van der Waals surface area contributed by atoms with Gasteiger partial charge in [0.15, 0.2) is 0 Å². The molecule has 0 saturated carbocycles. The zero-order valence-corrected chi connectivity index (χ0v) is 10.4. The van der Waals surface area contributed by atoms with Gasteiger partial charge in [0.1, 0.15) is 11.3 Å². The number of fused-ring (bicyclic) bond motifs is 1. The van der Waals surface area contributed by atoms with Gasteiger partial charge in [-0.25, -0.2) is 4.98 Å². The molecule has 0 aliphatic carbocycles. The van der Waals surface area contributed by atoms with Crippen LogP contribution < -0.4 is 0 Å². The molecule has 1 N–H and O–H groups in total. The van der Waals surface area contributed by atoms with Gasteiger partial charge in [0.2, 0.25) is 0 Å². The first-order valence-corrected chi connectivity index (χ1v) is 6.90. The van der Waals surface area contributed by atoms with Gasteiger partial charge < -0.3 is 4.98 Å². The summed E-state index contributed by atoms with van der Waals surface area (Å²) in [4.78, 5) is 8.37. The van der Waals surface area contributed by atoms with Crippen LogP contribution in [0.5, 0.6) is 0 Å². The zero-order valence-electron chi connectivity index (χ0n) is 9.62. The Bertz CT molecular complexity index is 705. The van der Waals surface area contributed by atoms with Gasteiger partial charge in [0.25, 0.3) is 0 Å². The summed E-state index contributed by atoms with van der Waals surface area (Å²) in [5.74, 6) is 0.729. The van der Waals surface area contributed by atoms with Gasteiger partial charge in [-0.05, 0) is 12.1 Å². The maximum Gasteiger partial charge on any atom is 0.138 e. The number of imidazole rings is 1. The topological polar surface area (TPSA) is 71.5 Å². The van der Waals surface area contributed by atoms with Crippen molar-refractivity contribution in [2.75, 3.05) is 6.26 Å². The Morgan fingerprint density at radius 2 is 2.06 bits per heavy atom. The van der Waals surface area contributed by atoms with Gasteiger partial charge in [0, 0.05) is 27.5 Å². The lowest BCUT2D eigenvalue weighted by Crippen LogP contribution is -1.88. The fourth-order valence-corrected chi connectivity index (χ4v) is 2.30. The molecule has 0 fully saturated rings. The maximum atomic E-state index is 11.5. The third-order valence-corrected chi connectivity index (χ3v) is 3.55. The summed E-state index contributed by atoms with van der Waals surface area (Å²) >= 11 is 0. The molecule has 2 heterocycles. The minimum atomic E-state index is -0.997. The van der Waals surface area contributed by atoms with Crippen LogP contribution in [0.3, 0.4) is 0 Å². The lowest BCUT2D eigenvalue weighted by Gasteiger charge is -1.99. The first-order valence-electron chi connectivity index (χ1n) is 5.34. The predicted molar refractivity (Wildman–Crippen MR) is 69.5 cm³/mol. The molecule has 18 heavy (non-hydrogen) atoms. The highest BCUT2D eigenvalue weighted by Crippen LogP contribution is 2.21. The molecule has 0 spiro atoms. The van der Waals surface area contributed by atoms with Crippen LogP contribution in [0.2, 0.25) is 0 Å². The number of benzene rings is 1. The fourth-order valence-electron chi connectivity index (χ4n) is 1.74. The van der Waals surface area contributed by atoms with Crippen LogP contribution in [0.25, 0.3) is 22.4 Å². The van der Waals surface area contributed by atoms with Gasteiger partial charge in [-0.15, -0.1) is 0 Å². The highest BCUT2D eigenvalue weighted by atomic mass is 32.2. The lowest BCUT2D eigenvalue weighted by molar-refractivity contribution is 0.687. The Morgan fingerprint density at radius 3 is 2.83 bits per heavy atom. The number of H-pyrrole nitrogens is 1. The van der Waals surface area contributed by atoms with Crippen molar-refractivity contribution in [2.45, 2.75) is 4.90 Å². The Labute approximate surface area is 106 Å². The van der Waals surface area contributed by atoms with Crippen molar-refractivity contribution in [3.05, 3.63) is 36.7 Å². The maximum absolute atomic E-state index is 11.5. The summed E-state index contributed by atoms with van der Waals surface area (Å²) in [6.07, 6.45) is 4.90. The van der Waals surface area contributed by atoms with Crippen LogP contribution in [-0.4, -0.2) is 30.6 Å². The largest absolute Gasteiger partial charge is 0.337 e. The van der Waals surface area contributed by atoms with E-state index in [0.29, 0.717) is 0 Å². The second-order valence-corrected chi connectivity index (χ2v) is 5.24. The molecular weight excluding hydrogens is 248 g/mol. The molecule has 1 aromatic carbocycles. The number of aromatic amines is 1. The summed E-state index contributed by atoms with van der Waals surface area (Å²) in [6, 6.07) is 7.50. The molecule has 2 aromatic heterocycles. The summed E-state index contributed by atoms with van der Waals surface area (Å²) in [7, 11) is -0.997. The standard InChI is InChI=1S/C12H10N4OS/c1-18(17)9-4-2-3-8(5-9)12-15-10-6-13-14-7-11(10)16-12/h2-7H,1H3,(H,15,16). The average Bonchev–Trinajstić information content (AvgIpc) is 2.82. The molecule has 6 heteroatoms. The van der Waals surface area contributed by atoms with E-state index in [1.165, 1.54) is 0 Å². The van der Waals surface area contributed by atoms with Crippen molar-refractivity contribution in [2.24, 2.45) is 0 Å². The number of rotatable bonds is 2. The van der Waals surface area contributed by atoms with Crippen LogP contribution in [-0.2, 0) is 10.8 Å². The highest BCUT2D eigenvalue weighted by Gasteiger charge is 2.07. The zero-order chi connectivity index (χ0) is 12.5. The molecule has 1 atom stereocenters. The summed E-state index contributed by atoms with van der Waals surface area (Å²) in [6.45, 7) is 0. The fraction of sp³-hybridized carbons (Fsp3) is 0.0833. The predicted octanol–water partition coefficient (Wildman–Crippen LogP) is 1.76. The summed E-state index contributed by atoms with van der Waals surface area (Å²) in [5.41, 5.74) is 2.50. The van der Waals surface area contributed by atoms with E-state index in [4.69, 9.17) is 0 Å². The van der Waals surface area contributed by atoms with Crippen molar-refractivity contribution in [3.63, 3.8) is 0 Å². The first kappa shape index (κ1) is 11.0. The highest BCUT2D eigenvalue weighted by molar-refractivity contribution is 7.84. The van der Waals surface area contributed by atoms with E-state index in [1.54, 1.807) is 18.6 Å². The normalized spacial score (nSPS) is 12.7. The third kappa shape index (κ3) is 1.91. The number of aromatic nitrogens is 4. The minimum absolute atomic E-state index is 0.729. The van der Waals surface area contributed by atoms with E-state index < -0.39 is 10.8 Å². The Balaban J connectivity index is 2.13. The van der Waals surface area contributed by atoms with E-state index in [9.17, 15) is 4.21 Å². The van der Waals surface area contributed by atoms with Crippen molar-refractivity contribution < 1.29 is 4.21 Å².